The van der Waals surface area contributed by atoms with Crippen molar-refractivity contribution in [3.8, 4) is 0 Å². The molecule has 0 aliphatic carbocycles. The van der Waals surface area contributed by atoms with Crippen molar-refractivity contribution in [3.63, 3.8) is 0 Å². The minimum atomic E-state index is 0. The van der Waals surface area contributed by atoms with Crippen molar-refractivity contribution in [3.05, 3.63) is 6.92 Å². The summed E-state index contributed by atoms with van der Waals surface area (Å²) in [6.45, 7) is 4.21. The molecule has 0 bridgehead atoms. The van der Waals surface area contributed by atoms with Gasteiger partial charge in [-0.2, -0.15) is 0 Å². The Kier molecular flexibility index (Phi) is 40.1. The Morgan fingerprint density at radius 1 is 1.36 bits per heavy atom. The van der Waals surface area contributed by atoms with Crippen molar-refractivity contribution >= 4 is 5.71 Å². The average molecular weight is 381 g/mol. The zero-order valence-electron chi connectivity index (χ0n) is 6.97. The van der Waals surface area contributed by atoms with E-state index < -0.39 is 0 Å². The Bertz CT molecular complexity index is 80.2. The molecule has 0 amide bonds. The van der Waals surface area contributed by atoms with E-state index in [9.17, 15) is 0 Å². The third-order valence-electron chi connectivity index (χ3n) is 0.910. The van der Waals surface area contributed by atoms with E-state index in [0.29, 0.717) is 18.7 Å². The van der Waals surface area contributed by atoms with Crippen LogP contribution < -0.4 is 0 Å². The van der Waals surface area contributed by atoms with Gasteiger partial charge in [-0.1, -0.05) is 0 Å². The molecule has 0 saturated heterocycles. The molecule has 0 spiro atoms. The smallest absolute Gasteiger partial charge is 0.0513 e. The molecule has 0 rings (SSSR count). The Labute approximate surface area is 145 Å². The summed E-state index contributed by atoms with van der Waals surface area (Å²) in [6, 6.07) is 0. The summed E-state index contributed by atoms with van der Waals surface area (Å²) in [7, 11) is 1.64. The van der Waals surface area contributed by atoms with Gasteiger partial charge in [-0.15, -0.1) is 6.42 Å². The molecule has 5 heteroatoms. The summed E-state index contributed by atoms with van der Waals surface area (Å²) in [5.41, 5.74) is 0.659. The predicted molar refractivity (Wildman–Crippen MR) is 34.2 cm³/mol. The summed E-state index contributed by atoms with van der Waals surface area (Å²) >= 11 is 0. The van der Waals surface area contributed by atoms with Gasteiger partial charge in [0.1, 0.15) is 0 Å². The maximum atomic E-state index is 7.10. The second kappa shape index (κ2) is 18.7. The van der Waals surface area contributed by atoms with E-state index in [0.717, 1.165) is 6.42 Å². The molecule has 0 heterocycles. The van der Waals surface area contributed by atoms with Crippen LogP contribution in [0, 0.1) is 12.3 Å². The van der Waals surface area contributed by atoms with Crippen LogP contribution in [0.1, 0.15) is 12.8 Å². The number of nitrogens with one attached hydrogen (secondary N) is 1. The van der Waals surface area contributed by atoms with Crippen LogP contribution in [0.3, 0.4) is 0 Å². The van der Waals surface area contributed by atoms with Crippen LogP contribution in [-0.2, 0) is 103 Å². The first kappa shape index (κ1) is 23.6. The first-order valence-electron chi connectivity index (χ1n) is 2.65. The van der Waals surface area contributed by atoms with E-state index in [1.54, 1.807) is 7.11 Å². The molecule has 0 aliphatic heterocycles. The van der Waals surface area contributed by atoms with E-state index in [1.807, 2.05) is 0 Å². The number of ether oxygens (including phenoxy) is 1. The minimum absolute atomic E-state index is 0. The second-order valence-corrected chi connectivity index (χ2v) is 1.60. The number of hydrogen-bond acceptors (Lipinski definition) is 2. The summed E-state index contributed by atoms with van der Waals surface area (Å²) in [4.78, 5) is 0. The molecule has 0 atom stereocenters. The van der Waals surface area contributed by atoms with Crippen molar-refractivity contribution in [2.24, 2.45) is 0 Å². The maximum absolute atomic E-state index is 7.10. The van der Waals surface area contributed by atoms with Gasteiger partial charge in [0.15, 0.2) is 0 Å². The second-order valence-electron chi connectivity index (χ2n) is 1.60. The molecule has 3 radical (unpaired) electrons. The Balaban J connectivity index is -0.0000000817. The van der Waals surface area contributed by atoms with Crippen LogP contribution in [0.15, 0.2) is 0 Å². The molecule has 0 aromatic rings. The molecule has 1 N–H and O–H groups in total. The zero-order chi connectivity index (χ0) is 6.41. The van der Waals surface area contributed by atoms with Crippen molar-refractivity contribution in [1.29, 1.82) is 5.41 Å². The summed E-state index contributed by atoms with van der Waals surface area (Å²) in [5.74, 6) is 0. The minimum Gasteiger partial charge on any atom is -0.384 e. The van der Waals surface area contributed by atoms with Gasteiger partial charge in [0, 0.05) is 112 Å². The molecule has 0 aromatic heterocycles. The van der Waals surface area contributed by atoms with Crippen LogP contribution >= 0.6 is 0 Å². The summed E-state index contributed by atoms with van der Waals surface area (Å²) in [6.07, 6.45) is 1.32. The van der Waals surface area contributed by atoms with Gasteiger partial charge in [0.2, 0.25) is 0 Å². The van der Waals surface area contributed by atoms with Gasteiger partial charge in [-0.05, 0) is 5.71 Å². The van der Waals surface area contributed by atoms with E-state index in [2.05, 4.69) is 6.92 Å². The van der Waals surface area contributed by atoms with Crippen LogP contribution in [0.5, 0.6) is 0 Å². The quantitative estimate of drug-likeness (QED) is 0.578. The Hall–Kier alpha value is 2.94. The topological polar surface area (TPSA) is 33.1 Å². The van der Waals surface area contributed by atoms with Crippen molar-refractivity contribution in [2.75, 3.05) is 13.7 Å². The average Bonchev–Trinajstić information content (AvgIpc) is 1.83. The van der Waals surface area contributed by atoms with Crippen LogP contribution in [0.2, 0.25) is 0 Å². The summed E-state index contributed by atoms with van der Waals surface area (Å²) in [5, 5.41) is 7.10. The maximum Gasteiger partial charge on any atom is 0.0513 e. The predicted octanol–water partition coefficient (Wildman–Crippen LogP) is 1.26. The molecule has 0 fully saturated rings. The number of hydrogen-bond donors (Lipinski definition) is 1. The monoisotopic (exact) mass is 381 g/mol. The van der Waals surface area contributed by atoms with Crippen molar-refractivity contribution in [1.82, 2.24) is 0 Å². The van der Waals surface area contributed by atoms with Gasteiger partial charge in [-0.3, -0.25) is 0 Å². The van der Waals surface area contributed by atoms with Crippen LogP contribution in [0.25, 0.3) is 0 Å². The normalized spacial score (nSPS) is 6.73. The first-order valence-corrected chi connectivity index (χ1v) is 2.65. The zero-order valence-corrected chi connectivity index (χ0v) is 15.5. The molecule has 2 nitrogen and oxygen atoms in total. The number of methoxy groups -OCH3 is 1. The van der Waals surface area contributed by atoms with E-state index in [-0.39, 0.29) is 98.1 Å². The third-order valence-corrected chi connectivity index (χ3v) is 0.910. The van der Waals surface area contributed by atoms with Gasteiger partial charge in [0.25, 0.3) is 0 Å². The molecule has 0 aliphatic rings. The van der Waals surface area contributed by atoms with E-state index >= 15 is 0 Å². The van der Waals surface area contributed by atoms with Crippen LogP contribution in [-0.4, -0.2) is 19.4 Å². The molecular formula is C6H12NOY3-. The van der Waals surface area contributed by atoms with Gasteiger partial charge >= 0.3 is 0 Å². The van der Waals surface area contributed by atoms with Crippen LogP contribution in [0.4, 0.5) is 0 Å². The molecule has 11 heavy (non-hydrogen) atoms. The molecular weight excluding hydrogens is 369 g/mol. The standard InChI is InChI=1S/C6H12NO.3Y/c1-3-6(7)4-5-8-2;;;/h7H,1,3-5H2,2H3;;;/q-1;;;. The first-order chi connectivity index (χ1) is 3.81. The SMILES string of the molecule is [CH2-]CC(=N)CCOC.[Y].[Y].[Y]. The molecule has 0 unspecified atom stereocenters. The van der Waals surface area contributed by atoms with Gasteiger partial charge < -0.3 is 17.1 Å². The van der Waals surface area contributed by atoms with E-state index in [4.69, 9.17) is 10.1 Å². The Morgan fingerprint density at radius 2 is 1.82 bits per heavy atom. The molecule has 57 valence electrons. The molecule has 0 saturated carbocycles. The largest absolute Gasteiger partial charge is 0.384 e. The Morgan fingerprint density at radius 3 is 2.09 bits per heavy atom. The third kappa shape index (κ3) is 19.4. The fourth-order valence-corrected chi connectivity index (χ4v) is 0.350. The van der Waals surface area contributed by atoms with Gasteiger partial charge in [-0.25, -0.2) is 0 Å². The summed E-state index contributed by atoms with van der Waals surface area (Å²) < 4.78 is 4.75. The van der Waals surface area contributed by atoms with Crippen molar-refractivity contribution < 1.29 is 103 Å². The van der Waals surface area contributed by atoms with Gasteiger partial charge in [0.05, 0.1) is 6.61 Å². The fourth-order valence-electron chi connectivity index (χ4n) is 0.350. The molecule has 0 aromatic carbocycles. The van der Waals surface area contributed by atoms with E-state index in [1.165, 1.54) is 0 Å². The fraction of sp³-hybridized carbons (Fsp3) is 0.667. The van der Waals surface area contributed by atoms with Crippen molar-refractivity contribution in [2.45, 2.75) is 12.8 Å². The number of rotatable bonds is 4.